The average molecular weight is 393 g/mol. The van der Waals surface area contributed by atoms with Gasteiger partial charge < -0.3 is 22.8 Å². The fourth-order valence-corrected chi connectivity index (χ4v) is 3.39. The fourth-order valence-electron chi connectivity index (χ4n) is 3.39. The number of pyridine rings is 1. The molecule has 0 saturated heterocycles. The van der Waals surface area contributed by atoms with Crippen molar-refractivity contribution in [2.24, 2.45) is 0 Å². The number of rotatable bonds is 6. The van der Waals surface area contributed by atoms with Crippen LogP contribution in [0.4, 0.5) is 11.4 Å². The zero-order chi connectivity index (χ0) is 18.6. The second-order valence-corrected chi connectivity index (χ2v) is 6.66. The molecule has 4 nitrogen and oxygen atoms in total. The Morgan fingerprint density at radius 3 is 2.00 bits per heavy atom. The number of H-pyrrole nitrogens is 1. The van der Waals surface area contributed by atoms with E-state index >= 15 is 0 Å². The van der Waals surface area contributed by atoms with Gasteiger partial charge in [-0.25, -0.2) is 4.98 Å². The van der Waals surface area contributed by atoms with E-state index in [0.717, 1.165) is 45.2 Å². The third-order valence-corrected chi connectivity index (χ3v) is 4.74. The van der Waals surface area contributed by atoms with Crippen LogP contribution in [0.2, 0.25) is 0 Å². The van der Waals surface area contributed by atoms with Crippen molar-refractivity contribution in [2.45, 2.75) is 19.3 Å². The lowest BCUT2D eigenvalue weighted by molar-refractivity contribution is -0.310. The van der Waals surface area contributed by atoms with Crippen LogP contribution in [0.1, 0.15) is 18.4 Å². The number of fused-ring (bicyclic) bond motifs is 2. The molecule has 0 unspecified atom stereocenters. The van der Waals surface area contributed by atoms with E-state index in [0.29, 0.717) is 6.42 Å². The third-order valence-electron chi connectivity index (χ3n) is 4.74. The summed E-state index contributed by atoms with van der Waals surface area (Å²) in [6.07, 6.45) is 1.64. The van der Waals surface area contributed by atoms with Gasteiger partial charge in [-0.2, -0.15) is 0 Å². The van der Waals surface area contributed by atoms with E-state index in [1.165, 1.54) is 0 Å². The lowest BCUT2D eigenvalue weighted by Gasteiger charge is -2.11. The molecule has 0 bridgehead atoms. The highest BCUT2D eigenvalue weighted by molar-refractivity contribution is 6.05. The zero-order valence-electron chi connectivity index (χ0n) is 15.3. The first-order valence-electron chi connectivity index (χ1n) is 9.11. The number of aromatic nitrogens is 1. The molecule has 0 radical (unpaired) electrons. The standard InChI is InChI=1S/C23H20N2O2.ClH/c26-22(27)11-5-6-16-12-14-17(15-13-16)24-23-18-7-1-3-9-20(18)25-21-10-4-2-8-19(21)23;/h1-4,7-10,12-15H,5-6,11H2,(H,24,25)(H,26,27);1H. The van der Waals surface area contributed by atoms with Gasteiger partial charge in [-0.1, -0.05) is 36.4 Å². The van der Waals surface area contributed by atoms with Crippen molar-refractivity contribution in [1.29, 1.82) is 0 Å². The van der Waals surface area contributed by atoms with Gasteiger partial charge in [0.05, 0.1) is 16.5 Å². The van der Waals surface area contributed by atoms with E-state index in [1.54, 1.807) is 0 Å². The molecule has 0 amide bonds. The number of carbonyl (C=O) groups is 1. The molecule has 1 aromatic heterocycles. The van der Waals surface area contributed by atoms with Gasteiger partial charge in [0.25, 0.3) is 0 Å². The highest BCUT2D eigenvalue weighted by atomic mass is 35.5. The summed E-state index contributed by atoms with van der Waals surface area (Å²) in [6.45, 7) is 0. The van der Waals surface area contributed by atoms with Crippen molar-refractivity contribution in [2.75, 3.05) is 5.32 Å². The summed E-state index contributed by atoms with van der Waals surface area (Å²) in [4.78, 5) is 14.1. The molecule has 0 saturated carbocycles. The summed E-state index contributed by atoms with van der Waals surface area (Å²) in [5, 5.41) is 14.6. The van der Waals surface area contributed by atoms with Gasteiger partial charge in [0.1, 0.15) is 0 Å². The molecule has 3 aromatic carbocycles. The summed E-state index contributed by atoms with van der Waals surface area (Å²) in [7, 11) is 0. The second-order valence-electron chi connectivity index (χ2n) is 6.66. The highest BCUT2D eigenvalue weighted by Crippen LogP contribution is 2.31. The molecular formula is C23H21ClN2O2. The van der Waals surface area contributed by atoms with Crippen LogP contribution in [0.15, 0.2) is 72.8 Å². The number of hydrogen-bond acceptors (Lipinski definition) is 2. The maximum atomic E-state index is 10.6. The Kier molecular flexibility index (Phi) is 6.12. The first kappa shape index (κ1) is 19.6. The fraction of sp³-hybridized carbons (Fsp3) is 0.130. The molecular weight excluding hydrogens is 372 g/mol. The van der Waals surface area contributed by atoms with E-state index in [2.05, 4.69) is 58.8 Å². The number of hydrogen-bond donors (Lipinski definition) is 2. The summed E-state index contributed by atoms with van der Waals surface area (Å²) in [5.41, 5.74) is 5.42. The van der Waals surface area contributed by atoms with Crippen molar-refractivity contribution in [3.63, 3.8) is 0 Å². The van der Waals surface area contributed by atoms with Crippen LogP contribution in [-0.2, 0) is 11.2 Å². The maximum Gasteiger partial charge on any atom is 0.303 e. The number of para-hydroxylation sites is 2. The number of benzene rings is 3. The Morgan fingerprint density at radius 1 is 0.857 bits per heavy atom. The molecule has 1 heterocycles. The van der Waals surface area contributed by atoms with Gasteiger partial charge >= 0.3 is 5.97 Å². The first-order valence-corrected chi connectivity index (χ1v) is 9.11. The van der Waals surface area contributed by atoms with Gasteiger partial charge in [-0.05, 0) is 42.7 Å². The third kappa shape index (κ3) is 4.24. The minimum Gasteiger partial charge on any atom is -1.00 e. The smallest absolute Gasteiger partial charge is 0.303 e. The Morgan fingerprint density at radius 2 is 1.43 bits per heavy atom. The lowest BCUT2D eigenvalue weighted by atomic mass is 10.1. The Balaban J connectivity index is 0.00000225. The van der Waals surface area contributed by atoms with Crippen molar-refractivity contribution in [3.05, 3.63) is 78.4 Å². The summed E-state index contributed by atoms with van der Waals surface area (Å²) in [6, 6.07) is 24.8. The lowest BCUT2D eigenvalue weighted by Crippen LogP contribution is -3.00. The SMILES string of the molecule is O=C(O)CCCc1ccc(Nc2c3ccccc3[nH+]c3ccccc23)cc1.[Cl-]. The predicted molar refractivity (Wildman–Crippen MR) is 108 cm³/mol. The molecule has 0 aliphatic carbocycles. The quantitative estimate of drug-likeness (QED) is 0.493. The monoisotopic (exact) mass is 392 g/mol. The molecule has 3 N–H and O–H groups in total. The average Bonchev–Trinajstić information content (AvgIpc) is 2.69. The topological polar surface area (TPSA) is 63.5 Å². The number of halogens is 1. The van der Waals surface area contributed by atoms with Gasteiger partial charge in [-0.15, -0.1) is 0 Å². The van der Waals surface area contributed by atoms with Crippen molar-refractivity contribution >= 4 is 39.1 Å². The van der Waals surface area contributed by atoms with E-state index in [4.69, 9.17) is 5.11 Å². The van der Waals surface area contributed by atoms with Crippen molar-refractivity contribution in [1.82, 2.24) is 0 Å². The molecule has 0 atom stereocenters. The van der Waals surface area contributed by atoms with Crippen LogP contribution < -0.4 is 22.7 Å². The number of anilines is 2. The largest absolute Gasteiger partial charge is 1.00 e. The van der Waals surface area contributed by atoms with Crippen LogP contribution in [0.5, 0.6) is 0 Å². The van der Waals surface area contributed by atoms with Crippen LogP contribution >= 0.6 is 0 Å². The number of carboxylic acids is 1. The number of carboxylic acid groups (broad SMARTS) is 1. The van der Waals surface area contributed by atoms with Gasteiger partial charge in [0, 0.05) is 24.2 Å². The Hall–Kier alpha value is -3.11. The number of aliphatic carboxylic acids is 1. The number of aromatic amines is 1. The van der Waals surface area contributed by atoms with Crippen molar-refractivity contribution < 1.29 is 27.3 Å². The van der Waals surface area contributed by atoms with Crippen molar-refractivity contribution in [3.8, 4) is 0 Å². The van der Waals surface area contributed by atoms with Crippen LogP contribution in [-0.4, -0.2) is 11.1 Å². The zero-order valence-corrected chi connectivity index (χ0v) is 16.0. The molecule has 142 valence electrons. The molecule has 4 rings (SSSR count). The van der Waals surface area contributed by atoms with Gasteiger partial charge in [0.15, 0.2) is 0 Å². The van der Waals surface area contributed by atoms with Gasteiger partial charge in [-0.3, -0.25) is 4.79 Å². The predicted octanol–water partition coefficient (Wildman–Crippen LogP) is 1.96. The molecule has 28 heavy (non-hydrogen) atoms. The van der Waals surface area contributed by atoms with E-state index in [9.17, 15) is 4.79 Å². The van der Waals surface area contributed by atoms with E-state index in [1.807, 2.05) is 24.3 Å². The Bertz CT molecular complexity index is 1060. The second kappa shape index (κ2) is 8.72. The maximum absolute atomic E-state index is 10.6. The summed E-state index contributed by atoms with van der Waals surface area (Å²) >= 11 is 0. The molecule has 0 aliphatic rings. The number of aryl methyl sites for hydroxylation is 1. The molecule has 4 aromatic rings. The molecule has 0 aliphatic heterocycles. The van der Waals surface area contributed by atoms with Gasteiger partial charge in [0.2, 0.25) is 11.0 Å². The first-order chi connectivity index (χ1) is 13.2. The molecule has 0 fully saturated rings. The van der Waals surface area contributed by atoms with Crippen LogP contribution in [0.3, 0.4) is 0 Å². The highest BCUT2D eigenvalue weighted by Gasteiger charge is 2.13. The molecule has 5 heteroatoms. The Labute approximate surface area is 169 Å². The number of nitrogens with one attached hydrogen (secondary N) is 2. The minimum absolute atomic E-state index is 0. The summed E-state index contributed by atoms with van der Waals surface area (Å²) < 4.78 is 0. The van der Waals surface area contributed by atoms with E-state index < -0.39 is 5.97 Å². The normalized spacial score (nSPS) is 10.6. The molecule has 0 spiro atoms. The van der Waals surface area contributed by atoms with Crippen LogP contribution in [0.25, 0.3) is 21.8 Å². The van der Waals surface area contributed by atoms with Crippen LogP contribution in [0, 0.1) is 0 Å². The van der Waals surface area contributed by atoms with E-state index in [-0.39, 0.29) is 18.8 Å². The minimum atomic E-state index is -0.743. The summed E-state index contributed by atoms with van der Waals surface area (Å²) in [5.74, 6) is -0.743.